The van der Waals surface area contributed by atoms with Crippen LogP contribution in [0.1, 0.15) is 43.2 Å². The van der Waals surface area contributed by atoms with E-state index in [4.69, 9.17) is 4.74 Å². The third-order valence-electron chi connectivity index (χ3n) is 5.21. The van der Waals surface area contributed by atoms with Gasteiger partial charge >= 0.3 is 0 Å². The maximum atomic E-state index is 13.0. The van der Waals surface area contributed by atoms with Crippen LogP contribution in [0.3, 0.4) is 0 Å². The molecule has 1 aromatic carbocycles. The van der Waals surface area contributed by atoms with Gasteiger partial charge in [0, 0.05) is 24.2 Å². The van der Waals surface area contributed by atoms with Crippen LogP contribution in [0.15, 0.2) is 18.2 Å². The molecule has 1 N–H and O–H groups in total. The summed E-state index contributed by atoms with van der Waals surface area (Å²) in [6.45, 7) is 4.05. The molecule has 0 aliphatic carbocycles. The van der Waals surface area contributed by atoms with E-state index in [1.165, 1.54) is 24.8 Å². The molecule has 2 aliphatic heterocycles. The van der Waals surface area contributed by atoms with Gasteiger partial charge in [-0.3, -0.25) is 4.79 Å². The predicted molar refractivity (Wildman–Crippen MR) is 91.8 cm³/mol. The maximum absolute atomic E-state index is 13.0. The van der Waals surface area contributed by atoms with Crippen molar-refractivity contribution in [1.82, 2.24) is 10.2 Å². The van der Waals surface area contributed by atoms with Crippen molar-refractivity contribution in [1.29, 1.82) is 0 Å². The Kier molecular flexibility index (Phi) is 5.21. The van der Waals surface area contributed by atoms with Crippen molar-refractivity contribution < 1.29 is 9.53 Å². The van der Waals surface area contributed by atoms with E-state index in [0.29, 0.717) is 18.5 Å². The molecule has 2 aliphatic rings. The minimum atomic E-state index is 0.243. The molecule has 2 atom stereocenters. The molecule has 2 saturated heterocycles. The van der Waals surface area contributed by atoms with Gasteiger partial charge in [-0.05, 0) is 45.2 Å². The monoisotopic (exact) mass is 316 g/mol. The predicted octanol–water partition coefficient (Wildman–Crippen LogP) is 2.68. The minimum absolute atomic E-state index is 0.243. The average molecular weight is 316 g/mol. The maximum Gasteiger partial charge on any atom is 0.227 e. The Hall–Kier alpha value is -1.55. The Labute approximate surface area is 139 Å². The van der Waals surface area contributed by atoms with Crippen molar-refractivity contribution >= 4 is 5.91 Å². The number of fused-ring (bicyclic) bond motifs is 1. The number of carbonyl (C=O) groups excluding carboxylic acids is 1. The van der Waals surface area contributed by atoms with Crippen molar-refractivity contribution in [3.63, 3.8) is 0 Å². The number of rotatable bonds is 3. The molecule has 4 nitrogen and oxygen atoms in total. The third kappa shape index (κ3) is 3.69. The Morgan fingerprint density at radius 1 is 1.30 bits per heavy atom. The highest BCUT2D eigenvalue weighted by atomic mass is 16.5. The molecule has 1 aromatic rings. The highest BCUT2D eigenvalue weighted by Crippen LogP contribution is 2.27. The first-order chi connectivity index (χ1) is 11.2. The quantitative estimate of drug-likeness (QED) is 0.932. The van der Waals surface area contributed by atoms with Crippen molar-refractivity contribution in [2.75, 3.05) is 20.2 Å². The van der Waals surface area contributed by atoms with Crippen LogP contribution < -0.4 is 10.1 Å². The van der Waals surface area contributed by atoms with Gasteiger partial charge < -0.3 is 15.0 Å². The number of amides is 1. The highest BCUT2D eigenvalue weighted by molar-refractivity contribution is 5.80. The zero-order valence-corrected chi connectivity index (χ0v) is 14.3. The Balaban J connectivity index is 1.75. The van der Waals surface area contributed by atoms with Gasteiger partial charge in [-0.15, -0.1) is 0 Å². The topological polar surface area (TPSA) is 41.6 Å². The second-order valence-electron chi connectivity index (χ2n) is 6.85. The number of nitrogens with zero attached hydrogens (tertiary/aromatic N) is 1. The fraction of sp³-hybridized carbons (Fsp3) is 0.632. The molecule has 0 saturated carbocycles. The van der Waals surface area contributed by atoms with Gasteiger partial charge in [-0.25, -0.2) is 0 Å². The van der Waals surface area contributed by atoms with E-state index in [9.17, 15) is 4.79 Å². The van der Waals surface area contributed by atoms with Crippen LogP contribution >= 0.6 is 0 Å². The Morgan fingerprint density at radius 3 is 3.00 bits per heavy atom. The lowest BCUT2D eigenvalue weighted by atomic mass is 9.92. The lowest BCUT2D eigenvalue weighted by molar-refractivity contribution is -0.135. The summed E-state index contributed by atoms with van der Waals surface area (Å²) >= 11 is 0. The van der Waals surface area contributed by atoms with E-state index in [-0.39, 0.29) is 5.91 Å². The van der Waals surface area contributed by atoms with Gasteiger partial charge in [-0.1, -0.05) is 24.1 Å². The fourth-order valence-corrected chi connectivity index (χ4v) is 4.04. The number of ether oxygens (including phenoxy) is 1. The molecule has 0 aromatic heterocycles. The van der Waals surface area contributed by atoms with Crippen molar-refractivity contribution in [3.8, 4) is 5.75 Å². The second-order valence-corrected chi connectivity index (χ2v) is 6.85. The lowest BCUT2D eigenvalue weighted by Gasteiger charge is -2.41. The number of piperidine rings is 1. The van der Waals surface area contributed by atoms with Crippen LogP contribution in [0.25, 0.3) is 0 Å². The normalized spacial score (nSPS) is 24.7. The van der Waals surface area contributed by atoms with E-state index in [1.807, 2.05) is 12.1 Å². The number of benzene rings is 1. The molecular formula is C19H28N2O2. The Morgan fingerprint density at radius 2 is 2.17 bits per heavy atom. The lowest BCUT2D eigenvalue weighted by Crippen LogP contribution is -2.55. The first-order valence-electron chi connectivity index (χ1n) is 8.85. The molecule has 0 spiro atoms. The third-order valence-corrected chi connectivity index (χ3v) is 5.21. The molecule has 3 rings (SSSR count). The zero-order chi connectivity index (χ0) is 16.2. The van der Waals surface area contributed by atoms with Crippen LogP contribution in [0.2, 0.25) is 0 Å². The standard InChI is InChI=1S/C19H28N2O2/c1-14-8-9-18(23-2)15(12-14)13-19(22)21-11-5-6-16-17(21)7-3-4-10-20-16/h8-9,12,16-17,20H,3-7,10-11,13H2,1-2H3/t16-,17+/m1/s1. The fourth-order valence-electron chi connectivity index (χ4n) is 4.04. The van der Waals surface area contributed by atoms with Gasteiger partial charge in [0.05, 0.1) is 13.5 Å². The van der Waals surface area contributed by atoms with Crippen molar-refractivity contribution in [3.05, 3.63) is 29.3 Å². The van der Waals surface area contributed by atoms with Crippen LogP contribution in [0.4, 0.5) is 0 Å². The first kappa shape index (κ1) is 16.3. The summed E-state index contributed by atoms with van der Waals surface area (Å²) in [6, 6.07) is 6.91. The molecule has 0 unspecified atom stereocenters. The number of methoxy groups -OCH3 is 1. The van der Waals surface area contributed by atoms with Crippen LogP contribution in [-0.4, -0.2) is 43.1 Å². The molecule has 0 bridgehead atoms. The summed E-state index contributed by atoms with van der Waals surface area (Å²) in [5, 5.41) is 3.65. The summed E-state index contributed by atoms with van der Waals surface area (Å²) in [7, 11) is 1.67. The van der Waals surface area contributed by atoms with Crippen LogP contribution in [0.5, 0.6) is 5.75 Å². The molecule has 2 fully saturated rings. The number of hydrogen-bond donors (Lipinski definition) is 1. The SMILES string of the molecule is COc1ccc(C)cc1CC(=O)N1CCC[C@H]2NCCCC[C@@H]21. The number of nitrogens with one attached hydrogen (secondary N) is 1. The number of hydrogen-bond acceptors (Lipinski definition) is 3. The van der Waals surface area contributed by atoms with Crippen molar-refractivity contribution in [2.24, 2.45) is 0 Å². The highest BCUT2D eigenvalue weighted by Gasteiger charge is 2.34. The first-order valence-corrected chi connectivity index (χ1v) is 8.85. The number of carbonyl (C=O) groups is 1. The van der Waals surface area contributed by atoms with Crippen LogP contribution in [-0.2, 0) is 11.2 Å². The Bertz CT molecular complexity index is 558. The average Bonchev–Trinajstić information content (AvgIpc) is 2.80. The van der Waals surface area contributed by atoms with E-state index >= 15 is 0 Å². The number of likely N-dealkylation sites (tertiary alicyclic amines) is 1. The summed E-state index contributed by atoms with van der Waals surface area (Å²) in [5.41, 5.74) is 2.17. The van der Waals surface area contributed by atoms with Gasteiger partial charge in [0.2, 0.25) is 5.91 Å². The molecule has 1 amide bonds. The molecule has 4 heteroatoms. The van der Waals surface area contributed by atoms with Crippen molar-refractivity contribution in [2.45, 2.75) is 57.5 Å². The second kappa shape index (κ2) is 7.35. The van der Waals surface area contributed by atoms with Gasteiger partial charge in [0.15, 0.2) is 0 Å². The molecule has 2 heterocycles. The van der Waals surface area contributed by atoms with Gasteiger partial charge in [0.1, 0.15) is 5.75 Å². The molecule has 0 radical (unpaired) electrons. The minimum Gasteiger partial charge on any atom is -0.496 e. The molecule has 126 valence electrons. The summed E-state index contributed by atoms with van der Waals surface area (Å²) < 4.78 is 5.43. The summed E-state index contributed by atoms with van der Waals surface area (Å²) in [6.07, 6.45) is 6.31. The smallest absolute Gasteiger partial charge is 0.227 e. The van der Waals surface area contributed by atoms with Crippen LogP contribution in [0, 0.1) is 6.92 Å². The largest absolute Gasteiger partial charge is 0.496 e. The number of aryl methyl sites for hydroxylation is 1. The summed E-state index contributed by atoms with van der Waals surface area (Å²) in [5.74, 6) is 1.06. The molecular weight excluding hydrogens is 288 g/mol. The van der Waals surface area contributed by atoms with E-state index in [1.54, 1.807) is 7.11 Å². The van der Waals surface area contributed by atoms with E-state index in [0.717, 1.165) is 37.2 Å². The van der Waals surface area contributed by atoms with E-state index in [2.05, 4.69) is 23.2 Å². The zero-order valence-electron chi connectivity index (χ0n) is 14.3. The van der Waals surface area contributed by atoms with Gasteiger partial charge in [-0.2, -0.15) is 0 Å². The van der Waals surface area contributed by atoms with E-state index < -0.39 is 0 Å². The summed E-state index contributed by atoms with van der Waals surface area (Å²) in [4.78, 5) is 15.1. The molecule has 23 heavy (non-hydrogen) atoms. The van der Waals surface area contributed by atoms with Gasteiger partial charge in [0.25, 0.3) is 0 Å².